The molecule has 1 heterocycles. The number of likely N-dealkylation sites (N-methyl/N-ethyl adjacent to an activating group) is 1. The largest absolute Gasteiger partial charge is 0.457 e. The molecule has 2 aromatic carbocycles. The van der Waals surface area contributed by atoms with Crippen LogP contribution in [0.3, 0.4) is 0 Å². The fraction of sp³-hybridized carbons (Fsp3) is 0.278. The third-order valence-electron chi connectivity index (χ3n) is 3.99. The number of hydrogen-bond donors (Lipinski definition) is 2. The molecule has 0 atom stereocenters. The third kappa shape index (κ3) is 4.43. The van der Waals surface area contributed by atoms with Gasteiger partial charge < -0.3 is 19.9 Å². The Kier molecular flexibility index (Phi) is 5.10. The summed E-state index contributed by atoms with van der Waals surface area (Å²) in [6.07, 6.45) is 0. The van der Waals surface area contributed by atoms with Crippen molar-refractivity contribution in [3.05, 3.63) is 54.6 Å². The van der Waals surface area contributed by atoms with E-state index >= 15 is 0 Å². The first kappa shape index (κ1) is 15.8. The van der Waals surface area contributed by atoms with Crippen LogP contribution in [-0.4, -0.2) is 43.2 Å². The predicted molar refractivity (Wildman–Crippen MR) is 97.4 cm³/mol. The van der Waals surface area contributed by atoms with Gasteiger partial charge in [-0.3, -0.25) is 0 Å². The Morgan fingerprint density at radius 3 is 2.26 bits per heavy atom. The minimum absolute atomic E-state index is 0.800. The second kappa shape index (κ2) is 7.44. The minimum atomic E-state index is 0.800. The lowest BCUT2D eigenvalue weighted by atomic mass is 10.3. The highest BCUT2D eigenvalue weighted by atomic mass is 32.1. The van der Waals surface area contributed by atoms with E-state index in [0.29, 0.717) is 0 Å². The molecule has 0 bridgehead atoms. The first-order valence-electron chi connectivity index (χ1n) is 7.91. The van der Waals surface area contributed by atoms with Gasteiger partial charge in [0.2, 0.25) is 0 Å². The van der Waals surface area contributed by atoms with Gasteiger partial charge in [-0.05, 0) is 48.6 Å². The van der Waals surface area contributed by atoms with Crippen molar-refractivity contribution in [1.29, 1.82) is 0 Å². The van der Waals surface area contributed by atoms with Gasteiger partial charge in [-0.25, -0.2) is 0 Å². The molecule has 1 fully saturated rings. The number of piperazine rings is 1. The van der Waals surface area contributed by atoms with Crippen molar-refractivity contribution in [1.82, 2.24) is 4.90 Å². The number of ether oxygens (including phenoxy) is 1. The van der Waals surface area contributed by atoms with E-state index in [1.54, 1.807) is 4.90 Å². The van der Waals surface area contributed by atoms with Gasteiger partial charge in [0.1, 0.15) is 11.5 Å². The van der Waals surface area contributed by atoms with E-state index in [1.165, 1.54) is 0 Å². The highest BCUT2D eigenvalue weighted by Crippen LogP contribution is 2.22. The summed E-state index contributed by atoms with van der Waals surface area (Å²) in [5, 5.41) is 4.11. The highest BCUT2D eigenvalue weighted by Gasteiger charge is 2.18. The maximum absolute atomic E-state index is 5.79. The average molecular weight is 328 g/mol. The van der Waals surface area contributed by atoms with Gasteiger partial charge in [-0.15, -0.1) is 0 Å². The molecular formula is C18H22N3OS+. The van der Waals surface area contributed by atoms with Crippen LogP contribution in [-0.2, 0) is 0 Å². The van der Waals surface area contributed by atoms with E-state index in [1.807, 2.05) is 54.6 Å². The first-order chi connectivity index (χ1) is 11.2. The summed E-state index contributed by atoms with van der Waals surface area (Å²) in [6.45, 7) is 4.27. The number of para-hydroxylation sites is 1. The van der Waals surface area contributed by atoms with Crippen molar-refractivity contribution in [3.8, 4) is 11.5 Å². The molecule has 4 nitrogen and oxygen atoms in total. The normalized spacial score (nSPS) is 15.3. The average Bonchev–Trinajstić information content (AvgIpc) is 2.58. The van der Waals surface area contributed by atoms with Crippen LogP contribution in [0.1, 0.15) is 0 Å². The monoisotopic (exact) mass is 328 g/mol. The molecule has 23 heavy (non-hydrogen) atoms. The molecule has 0 saturated carbocycles. The Hall–Kier alpha value is -2.11. The first-order valence-corrected chi connectivity index (χ1v) is 8.32. The zero-order valence-electron chi connectivity index (χ0n) is 13.3. The number of anilines is 1. The van der Waals surface area contributed by atoms with Crippen molar-refractivity contribution in [3.63, 3.8) is 0 Å². The van der Waals surface area contributed by atoms with E-state index in [4.69, 9.17) is 17.0 Å². The summed E-state index contributed by atoms with van der Waals surface area (Å²) in [5.74, 6) is 1.65. The lowest BCUT2D eigenvalue weighted by Gasteiger charge is -2.32. The molecule has 120 valence electrons. The highest BCUT2D eigenvalue weighted by molar-refractivity contribution is 7.80. The van der Waals surface area contributed by atoms with Gasteiger partial charge in [0, 0.05) is 5.69 Å². The van der Waals surface area contributed by atoms with Gasteiger partial charge in [0.25, 0.3) is 0 Å². The SMILES string of the molecule is C[NH+]1CCN(C(=S)Nc2ccc(Oc3ccccc3)cc2)CC1. The van der Waals surface area contributed by atoms with Gasteiger partial charge in [0.05, 0.1) is 33.2 Å². The maximum atomic E-state index is 5.79. The number of hydrogen-bond acceptors (Lipinski definition) is 2. The second-order valence-electron chi connectivity index (χ2n) is 5.81. The van der Waals surface area contributed by atoms with Crippen LogP contribution in [0.4, 0.5) is 5.69 Å². The second-order valence-corrected chi connectivity index (χ2v) is 6.20. The van der Waals surface area contributed by atoms with Crippen LogP contribution < -0.4 is 15.0 Å². The minimum Gasteiger partial charge on any atom is -0.457 e. The van der Waals surface area contributed by atoms with Crippen molar-refractivity contribution >= 4 is 23.0 Å². The molecule has 5 heteroatoms. The van der Waals surface area contributed by atoms with Crippen LogP contribution >= 0.6 is 12.2 Å². The molecule has 0 unspecified atom stereocenters. The quantitative estimate of drug-likeness (QED) is 0.844. The van der Waals surface area contributed by atoms with Gasteiger partial charge in [-0.2, -0.15) is 0 Å². The van der Waals surface area contributed by atoms with Crippen LogP contribution in [0, 0.1) is 0 Å². The van der Waals surface area contributed by atoms with Gasteiger partial charge >= 0.3 is 0 Å². The van der Waals surface area contributed by atoms with E-state index in [9.17, 15) is 0 Å². The van der Waals surface area contributed by atoms with E-state index in [0.717, 1.165) is 48.5 Å². The lowest BCUT2D eigenvalue weighted by Crippen LogP contribution is -3.12. The third-order valence-corrected chi connectivity index (χ3v) is 4.35. The molecule has 1 aliphatic rings. The number of nitrogens with zero attached hydrogens (tertiary/aromatic N) is 1. The van der Waals surface area contributed by atoms with Crippen LogP contribution in [0.2, 0.25) is 0 Å². The van der Waals surface area contributed by atoms with Crippen LogP contribution in [0.25, 0.3) is 0 Å². The van der Waals surface area contributed by atoms with Gasteiger partial charge in [-0.1, -0.05) is 18.2 Å². The number of benzene rings is 2. The number of nitrogens with one attached hydrogen (secondary N) is 2. The Morgan fingerprint density at radius 1 is 1.00 bits per heavy atom. The predicted octanol–water partition coefficient (Wildman–Crippen LogP) is 2.01. The van der Waals surface area contributed by atoms with Gasteiger partial charge in [0.15, 0.2) is 5.11 Å². The molecule has 0 aliphatic carbocycles. The summed E-state index contributed by atoms with van der Waals surface area (Å²) in [7, 11) is 2.22. The van der Waals surface area contributed by atoms with Crippen LogP contribution in [0.5, 0.6) is 11.5 Å². The Morgan fingerprint density at radius 2 is 1.61 bits per heavy atom. The number of rotatable bonds is 3. The summed E-state index contributed by atoms with van der Waals surface area (Å²) in [4.78, 5) is 3.79. The zero-order valence-corrected chi connectivity index (χ0v) is 14.1. The smallest absolute Gasteiger partial charge is 0.173 e. The Bertz CT molecular complexity index is 637. The van der Waals surface area contributed by atoms with Crippen molar-refractivity contribution in [2.24, 2.45) is 0 Å². The Balaban J connectivity index is 1.56. The zero-order chi connectivity index (χ0) is 16.1. The number of thiocarbonyl (C=S) groups is 1. The summed E-state index contributed by atoms with van der Waals surface area (Å²) < 4.78 is 5.79. The molecule has 0 amide bonds. The van der Waals surface area contributed by atoms with E-state index in [2.05, 4.69) is 17.3 Å². The van der Waals surface area contributed by atoms with Crippen molar-refractivity contribution in [2.75, 3.05) is 38.5 Å². The molecule has 2 N–H and O–H groups in total. The molecule has 1 aliphatic heterocycles. The van der Waals surface area contributed by atoms with E-state index in [-0.39, 0.29) is 0 Å². The lowest BCUT2D eigenvalue weighted by molar-refractivity contribution is -0.883. The summed E-state index contributed by atoms with van der Waals surface area (Å²) in [5.41, 5.74) is 0.988. The molecule has 2 aromatic rings. The molecular weight excluding hydrogens is 306 g/mol. The van der Waals surface area contributed by atoms with Crippen molar-refractivity contribution in [2.45, 2.75) is 0 Å². The van der Waals surface area contributed by atoms with E-state index < -0.39 is 0 Å². The number of quaternary nitrogens is 1. The molecule has 3 rings (SSSR count). The fourth-order valence-corrected chi connectivity index (χ4v) is 2.83. The molecule has 0 spiro atoms. The topological polar surface area (TPSA) is 28.9 Å². The molecule has 0 aromatic heterocycles. The van der Waals surface area contributed by atoms with Crippen LogP contribution in [0.15, 0.2) is 54.6 Å². The molecule has 1 saturated heterocycles. The van der Waals surface area contributed by atoms with Crippen molar-refractivity contribution < 1.29 is 9.64 Å². The summed E-state index contributed by atoms with van der Waals surface area (Å²) >= 11 is 5.51. The standard InChI is InChI=1S/C18H21N3OS/c1-20-11-13-21(14-12-20)18(23)19-15-7-9-17(10-8-15)22-16-5-3-2-4-6-16/h2-10H,11-14H2,1H3,(H,19,23)/p+1. The molecule has 0 radical (unpaired) electrons. The summed E-state index contributed by atoms with van der Waals surface area (Å²) in [6, 6.07) is 17.7. The fourth-order valence-electron chi connectivity index (χ4n) is 2.52. The maximum Gasteiger partial charge on any atom is 0.173 e. The Labute approximate surface area is 142 Å².